The van der Waals surface area contributed by atoms with Crippen LogP contribution in [-0.4, -0.2) is 53.9 Å². The Morgan fingerprint density at radius 1 is 1.00 bits per heavy atom. The summed E-state index contributed by atoms with van der Waals surface area (Å²) < 4.78 is 5.33. The highest BCUT2D eigenvalue weighted by molar-refractivity contribution is 5.67. The number of benzene rings is 2. The number of carboxylic acid groups (broad SMARTS) is 1. The number of rotatable bonds is 7. The molecule has 5 nitrogen and oxygen atoms in total. The summed E-state index contributed by atoms with van der Waals surface area (Å²) in [5.41, 5.74) is 4.10. The van der Waals surface area contributed by atoms with Gasteiger partial charge in [0.05, 0.1) is 19.3 Å². The summed E-state index contributed by atoms with van der Waals surface area (Å²) in [5, 5.41) is 19.2. The van der Waals surface area contributed by atoms with Gasteiger partial charge in [-0.25, -0.2) is 0 Å². The van der Waals surface area contributed by atoms with Crippen LogP contribution in [0.1, 0.15) is 23.7 Å². The molecular weight excluding hydrogens is 330 g/mol. The monoisotopic (exact) mass is 355 g/mol. The van der Waals surface area contributed by atoms with Crippen LogP contribution in [0.2, 0.25) is 0 Å². The van der Waals surface area contributed by atoms with Gasteiger partial charge in [-0.2, -0.15) is 0 Å². The molecule has 2 aromatic rings. The van der Waals surface area contributed by atoms with Gasteiger partial charge in [-0.1, -0.05) is 48.5 Å². The molecule has 0 amide bonds. The lowest BCUT2D eigenvalue weighted by atomic mass is 9.99. The number of aliphatic carboxylic acids is 1. The second kappa shape index (κ2) is 8.94. The molecule has 26 heavy (non-hydrogen) atoms. The van der Waals surface area contributed by atoms with Crippen molar-refractivity contribution in [1.29, 1.82) is 0 Å². The van der Waals surface area contributed by atoms with Gasteiger partial charge >= 0.3 is 5.97 Å². The number of morpholine rings is 1. The molecule has 0 bridgehead atoms. The van der Waals surface area contributed by atoms with E-state index in [4.69, 9.17) is 9.84 Å². The van der Waals surface area contributed by atoms with Gasteiger partial charge in [-0.15, -0.1) is 0 Å². The molecule has 0 aliphatic carbocycles. The van der Waals surface area contributed by atoms with Gasteiger partial charge in [-0.05, 0) is 28.7 Å². The maximum Gasteiger partial charge on any atom is 0.303 e. The number of β-amino-alcohol motifs (C(OH)–C–C–N with tert-alkyl or cyclic N) is 1. The van der Waals surface area contributed by atoms with Crippen LogP contribution in [0.5, 0.6) is 0 Å². The summed E-state index contributed by atoms with van der Waals surface area (Å²) in [6.45, 7) is 3.82. The summed E-state index contributed by atoms with van der Waals surface area (Å²) in [5.74, 6) is -0.777. The summed E-state index contributed by atoms with van der Waals surface area (Å²) in [6, 6.07) is 15.9. The number of nitrogens with zero attached hydrogens (tertiary/aromatic N) is 1. The molecule has 3 rings (SSSR count). The van der Waals surface area contributed by atoms with E-state index in [2.05, 4.69) is 4.90 Å². The molecule has 5 heteroatoms. The molecule has 138 valence electrons. The van der Waals surface area contributed by atoms with Crippen LogP contribution in [-0.2, 0) is 16.0 Å². The minimum Gasteiger partial charge on any atom is -0.481 e. The van der Waals surface area contributed by atoms with E-state index in [1.165, 1.54) is 0 Å². The number of aliphatic hydroxyl groups excluding tert-OH is 1. The summed E-state index contributed by atoms with van der Waals surface area (Å²) in [6.07, 6.45) is 0.192. The van der Waals surface area contributed by atoms with Crippen LogP contribution in [0.4, 0.5) is 0 Å². The van der Waals surface area contributed by atoms with E-state index in [1.54, 1.807) is 0 Å². The van der Waals surface area contributed by atoms with Gasteiger partial charge in [0.2, 0.25) is 0 Å². The highest BCUT2D eigenvalue weighted by atomic mass is 16.5. The van der Waals surface area contributed by atoms with E-state index >= 15 is 0 Å². The third kappa shape index (κ3) is 5.14. The molecule has 1 aliphatic heterocycles. The van der Waals surface area contributed by atoms with Crippen molar-refractivity contribution in [3.8, 4) is 11.1 Å². The smallest absolute Gasteiger partial charge is 0.303 e. The van der Waals surface area contributed by atoms with Crippen molar-refractivity contribution < 1.29 is 19.7 Å². The van der Waals surface area contributed by atoms with E-state index in [1.807, 2.05) is 48.5 Å². The van der Waals surface area contributed by atoms with Gasteiger partial charge in [-0.3, -0.25) is 9.69 Å². The molecule has 2 aromatic carbocycles. The Bertz CT molecular complexity index is 706. The Morgan fingerprint density at radius 2 is 1.58 bits per heavy atom. The van der Waals surface area contributed by atoms with Gasteiger partial charge < -0.3 is 14.9 Å². The fourth-order valence-corrected chi connectivity index (χ4v) is 3.15. The number of carboxylic acids is 1. The zero-order valence-corrected chi connectivity index (χ0v) is 14.8. The minimum absolute atomic E-state index is 0.148. The number of hydrogen-bond acceptors (Lipinski definition) is 4. The lowest BCUT2D eigenvalue weighted by molar-refractivity contribution is -0.136. The molecule has 1 fully saturated rings. The lowest BCUT2D eigenvalue weighted by Gasteiger charge is -2.28. The van der Waals surface area contributed by atoms with Gasteiger partial charge in [0.25, 0.3) is 0 Å². The van der Waals surface area contributed by atoms with Crippen LogP contribution in [0, 0.1) is 0 Å². The normalized spacial score (nSPS) is 16.3. The van der Waals surface area contributed by atoms with E-state index < -0.39 is 12.1 Å². The maximum atomic E-state index is 10.6. The maximum absolute atomic E-state index is 10.6. The van der Waals surface area contributed by atoms with Crippen molar-refractivity contribution in [2.75, 3.05) is 32.8 Å². The molecule has 1 atom stereocenters. The number of hydrogen-bond donors (Lipinski definition) is 2. The third-order valence-electron chi connectivity index (χ3n) is 4.75. The van der Waals surface area contributed by atoms with Crippen molar-refractivity contribution in [3.63, 3.8) is 0 Å². The zero-order valence-electron chi connectivity index (χ0n) is 14.8. The first-order valence-electron chi connectivity index (χ1n) is 9.01. The number of ether oxygens (including phenoxy) is 1. The first-order valence-corrected chi connectivity index (χ1v) is 9.01. The Morgan fingerprint density at radius 3 is 2.15 bits per heavy atom. The Balaban J connectivity index is 1.60. The fourth-order valence-electron chi connectivity index (χ4n) is 3.15. The second-order valence-corrected chi connectivity index (χ2v) is 6.64. The van der Waals surface area contributed by atoms with Crippen molar-refractivity contribution in [2.24, 2.45) is 0 Å². The van der Waals surface area contributed by atoms with Crippen LogP contribution < -0.4 is 0 Å². The molecule has 0 aromatic heterocycles. The Labute approximate surface area is 153 Å². The predicted octanol–water partition coefficient (Wildman–Crippen LogP) is 2.74. The van der Waals surface area contributed by atoms with E-state index in [0.29, 0.717) is 13.0 Å². The molecule has 1 heterocycles. The highest BCUT2D eigenvalue weighted by Gasteiger charge is 2.16. The Hall–Kier alpha value is -2.21. The van der Waals surface area contributed by atoms with Gasteiger partial charge in [0.15, 0.2) is 0 Å². The average molecular weight is 355 g/mol. The van der Waals surface area contributed by atoms with Crippen molar-refractivity contribution in [2.45, 2.75) is 18.9 Å². The van der Waals surface area contributed by atoms with E-state index in [0.717, 1.165) is 48.6 Å². The molecule has 0 radical (unpaired) electrons. The second-order valence-electron chi connectivity index (χ2n) is 6.64. The SMILES string of the molecule is O=C(O)CCc1ccc(-c2ccc(C(O)CN3CCOCC3)cc2)cc1. The molecule has 0 spiro atoms. The molecule has 0 saturated carbocycles. The van der Waals surface area contributed by atoms with Gasteiger partial charge in [0, 0.05) is 26.1 Å². The summed E-state index contributed by atoms with van der Waals surface area (Å²) in [4.78, 5) is 12.9. The lowest BCUT2D eigenvalue weighted by Crippen LogP contribution is -2.38. The first-order chi connectivity index (χ1) is 12.6. The van der Waals surface area contributed by atoms with Crippen LogP contribution in [0.15, 0.2) is 48.5 Å². The molecule has 1 aliphatic rings. The predicted molar refractivity (Wildman–Crippen MR) is 100 cm³/mol. The molecule has 2 N–H and O–H groups in total. The van der Waals surface area contributed by atoms with Crippen LogP contribution in [0.3, 0.4) is 0 Å². The first kappa shape index (κ1) is 18.6. The van der Waals surface area contributed by atoms with Crippen molar-refractivity contribution in [1.82, 2.24) is 4.90 Å². The van der Waals surface area contributed by atoms with Crippen molar-refractivity contribution in [3.05, 3.63) is 59.7 Å². The summed E-state index contributed by atoms with van der Waals surface area (Å²) in [7, 11) is 0. The van der Waals surface area contributed by atoms with Crippen LogP contribution >= 0.6 is 0 Å². The van der Waals surface area contributed by atoms with Crippen molar-refractivity contribution >= 4 is 5.97 Å². The van der Waals surface area contributed by atoms with E-state index in [9.17, 15) is 9.90 Å². The minimum atomic E-state index is -0.777. The fraction of sp³-hybridized carbons (Fsp3) is 0.381. The topological polar surface area (TPSA) is 70.0 Å². The van der Waals surface area contributed by atoms with E-state index in [-0.39, 0.29) is 6.42 Å². The number of aliphatic hydroxyl groups is 1. The van der Waals surface area contributed by atoms with Crippen LogP contribution in [0.25, 0.3) is 11.1 Å². The third-order valence-corrected chi connectivity index (χ3v) is 4.75. The number of carbonyl (C=O) groups is 1. The zero-order chi connectivity index (χ0) is 18.4. The van der Waals surface area contributed by atoms with Gasteiger partial charge in [0.1, 0.15) is 0 Å². The quantitative estimate of drug-likeness (QED) is 0.799. The number of aryl methyl sites for hydroxylation is 1. The average Bonchev–Trinajstić information content (AvgIpc) is 2.68. The largest absolute Gasteiger partial charge is 0.481 e. The molecule has 1 unspecified atom stereocenters. The Kier molecular flexibility index (Phi) is 6.39. The molecular formula is C21H25NO4. The molecule has 1 saturated heterocycles. The standard InChI is InChI=1S/C21H25NO4/c23-20(15-22-11-13-26-14-12-22)19-8-6-18(7-9-19)17-4-1-16(2-5-17)3-10-21(24)25/h1-2,4-9,20,23H,3,10-15H2,(H,24,25). The summed E-state index contributed by atoms with van der Waals surface area (Å²) >= 11 is 0. The highest BCUT2D eigenvalue weighted by Crippen LogP contribution is 2.23.